The van der Waals surface area contributed by atoms with Crippen molar-refractivity contribution in [3.63, 3.8) is 0 Å². The maximum absolute atomic E-state index is 12.4. The van der Waals surface area contributed by atoms with Crippen molar-refractivity contribution in [1.82, 2.24) is 9.80 Å². The van der Waals surface area contributed by atoms with Crippen LogP contribution in [0.2, 0.25) is 0 Å². The molecular weight excluding hydrogens is 272 g/mol. The standard InChI is InChI=1S/C15H20N2O4/c1-8-9(2)13(20)17(12(8)19)7-16-11(18)6-10(14(16)21)15(3,4)5/h10H,6-7H2,1-5H3. The van der Waals surface area contributed by atoms with Crippen molar-refractivity contribution in [3.8, 4) is 0 Å². The number of imide groups is 2. The van der Waals surface area contributed by atoms with Crippen LogP contribution in [0.1, 0.15) is 41.0 Å². The fraction of sp³-hybridized carbons (Fsp3) is 0.600. The Morgan fingerprint density at radius 2 is 1.43 bits per heavy atom. The summed E-state index contributed by atoms with van der Waals surface area (Å²) in [4.78, 5) is 50.4. The molecule has 0 aromatic rings. The second-order valence-corrected chi connectivity index (χ2v) is 6.71. The van der Waals surface area contributed by atoms with Gasteiger partial charge in [-0.15, -0.1) is 0 Å². The molecule has 0 radical (unpaired) electrons. The third kappa shape index (κ3) is 2.39. The van der Waals surface area contributed by atoms with Crippen LogP contribution in [-0.2, 0) is 19.2 Å². The topological polar surface area (TPSA) is 74.8 Å². The van der Waals surface area contributed by atoms with E-state index >= 15 is 0 Å². The maximum atomic E-state index is 12.4. The van der Waals surface area contributed by atoms with Crippen molar-refractivity contribution in [2.75, 3.05) is 6.67 Å². The van der Waals surface area contributed by atoms with Crippen LogP contribution in [0.25, 0.3) is 0 Å². The lowest BCUT2D eigenvalue weighted by Crippen LogP contribution is -2.45. The second kappa shape index (κ2) is 4.79. The van der Waals surface area contributed by atoms with Gasteiger partial charge in [0.15, 0.2) is 0 Å². The molecule has 0 aromatic carbocycles. The number of carbonyl (C=O) groups excluding carboxylic acids is 4. The van der Waals surface area contributed by atoms with Crippen LogP contribution in [0.15, 0.2) is 11.1 Å². The first-order chi connectivity index (χ1) is 9.55. The Balaban J connectivity index is 2.19. The van der Waals surface area contributed by atoms with Crippen molar-refractivity contribution >= 4 is 23.6 Å². The Hall–Kier alpha value is -1.98. The fourth-order valence-electron chi connectivity index (χ4n) is 2.60. The molecular formula is C15H20N2O4. The lowest BCUT2D eigenvalue weighted by molar-refractivity contribution is -0.147. The van der Waals surface area contributed by atoms with Crippen molar-refractivity contribution in [2.45, 2.75) is 41.0 Å². The summed E-state index contributed by atoms with van der Waals surface area (Å²) in [6.07, 6.45) is 0.129. The zero-order chi connectivity index (χ0) is 16.1. The Morgan fingerprint density at radius 3 is 1.81 bits per heavy atom. The third-order valence-corrected chi connectivity index (χ3v) is 4.27. The molecule has 21 heavy (non-hydrogen) atoms. The van der Waals surface area contributed by atoms with E-state index in [9.17, 15) is 19.2 Å². The number of hydrogen-bond donors (Lipinski definition) is 0. The van der Waals surface area contributed by atoms with Gasteiger partial charge in [0.2, 0.25) is 11.8 Å². The quantitative estimate of drug-likeness (QED) is 0.713. The van der Waals surface area contributed by atoms with Gasteiger partial charge in [-0.05, 0) is 19.3 Å². The summed E-state index contributed by atoms with van der Waals surface area (Å²) in [6, 6.07) is 0. The molecule has 0 saturated carbocycles. The Bertz CT molecular complexity index is 559. The zero-order valence-corrected chi connectivity index (χ0v) is 13.0. The molecule has 1 fully saturated rings. The number of amides is 4. The zero-order valence-electron chi connectivity index (χ0n) is 13.0. The monoisotopic (exact) mass is 292 g/mol. The highest BCUT2D eigenvalue weighted by molar-refractivity contribution is 6.19. The van der Waals surface area contributed by atoms with Gasteiger partial charge in [0, 0.05) is 17.6 Å². The number of hydrogen-bond acceptors (Lipinski definition) is 4. The van der Waals surface area contributed by atoms with Crippen LogP contribution < -0.4 is 0 Å². The number of likely N-dealkylation sites (tertiary alicyclic amines) is 1. The summed E-state index contributed by atoms with van der Waals surface area (Å²) < 4.78 is 0. The lowest BCUT2D eigenvalue weighted by atomic mass is 9.80. The van der Waals surface area contributed by atoms with Crippen molar-refractivity contribution < 1.29 is 19.2 Å². The smallest absolute Gasteiger partial charge is 0.258 e. The van der Waals surface area contributed by atoms with Crippen LogP contribution in [-0.4, -0.2) is 40.1 Å². The van der Waals surface area contributed by atoms with Crippen LogP contribution in [0.3, 0.4) is 0 Å². The average Bonchev–Trinajstić information content (AvgIpc) is 2.76. The minimum absolute atomic E-state index is 0.129. The molecule has 0 bridgehead atoms. The van der Waals surface area contributed by atoms with E-state index in [-0.39, 0.29) is 30.3 Å². The SMILES string of the molecule is CC1=C(C)C(=O)N(CN2C(=O)CC(C(C)(C)C)C2=O)C1=O. The highest BCUT2D eigenvalue weighted by atomic mass is 16.2. The molecule has 1 atom stereocenters. The van der Waals surface area contributed by atoms with Gasteiger partial charge < -0.3 is 0 Å². The van der Waals surface area contributed by atoms with E-state index in [1.807, 2.05) is 20.8 Å². The van der Waals surface area contributed by atoms with E-state index < -0.39 is 17.7 Å². The van der Waals surface area contributed by atoms with Gasteiger partial charge in [0.25, 0.3) is 11.8 Å². The summed E-state index contributed by atoms with van der Waals surface area (Å²) in [5, 5.41) is 0. The van der Waals surface area contributed by atoms with E-state index in [0.717, 1.165) is 9.80 Å². The number of rotatable bonds is 2. The van der Waals surface area contributed by atoms with Crippen molar-refractivity contribution in [1.29, 1.82) is 0 Å². The van der Waals surface area contributed by atoms with Gasteiger partial charge in [0.05, 0.1) is 5.92 Å². The second-order valence-electron chi connectivity index (χ2n) is 6.71. The normalized spacial score (nSPS) is 24.0. The Morgan fingerprint density at radius 1 is 0.952 bits per heavy atom. The minimum atomic E-state index is -0.433. The van der Waals surface area contributed by atoms with Gasteiger partial charge in [-0.3, -0.25) is 29.0 Å². The first-order valence-corrected chi connectivity index (χ1v) is 6.93. The molecule has 0 N–H and O–H groups in total. The first kappa shape index (κ1) is 15.4. The van der Waals surface area contributed by atoms with E-state index in [4.69, 9.17) is 0 Å². The molecule has 6 heteroatoms. The molecule has 0 aromatic heterocycles. The van der Waals surface area contributed by atoms with Gasteiger partial charge in [0.1, 0.15) is 6.67 Å². The molecule has 2 aliphatic heterocycles. The molecule has 114 valence electrons. The van der Waals surface area contributed by atoms with Crippen molar-refractivity contribution in [2.24, 2.45) is 11.3 Å². The van der Waals surface area contributed by atoms with Gasteiger partial charge in [-0.2, -0.15) is 0 Å². The van der Waals surface area contributed by atoms with Gasteiger partial charge in [-0.1, -0.05) is 20.8 Å². The molecule has 1 saturated heterocycles. The minimum Gasteiger partial charge on any atom is -0.274 e. The molecule has 6 nitrogen and oxygen atoms in total. The van der Waals surface area contributed by atoms with Crippen LogP contribution >= 0.6 is 0 Å². The highest BCUT2D eigenvalue weighted by Gasteiger charge is 2.46. The lowest BCUT2D eigenvalue weighted by Gasteiger charge is -2.26. The summed E-state index contributed by atoms with van der Waals surface area (Å²) in [6.45, 7) is 8.55. The predicted molar refractivity (Wildman–Crippen MR) is 74.5 cm³/mol. The first-order valence-electron chi connectivity index (χ1n) is 6.93. The summed E-state index contributed by atoms with van der Waals surface area (Å²) >= 11 is 0. The van der Waals surface area contributed by atoms with Crippen LogP contribution in [0.4, 0.5) is 0 Å². The molecule has 2 rings (SSSR count). The van der Waals surface area contributed by atoms with E-state index in [0.29, 0.717) is 11.1 Å². The van der Waals surface area contributed by atoms with Crippen LogP contribution in [0, 0.1) is 11.3 Å². The Labute approximate surface area is 123 Å². The Kier molecular flexibility index (Phi) is 3.51. The summed E-state index contributed by atoms with van der Waals surface area (Å²) in [5.41, 5.74) is 0.405. The van der Waals surface area contributed by atoms with Gasteiger partial charge >= 0.3 is 0 Å². The summed E-state index contributed by atoms with van der Waals surface area (Å²) in [5.74, 6) is -1.92. The third-order valence-electron chi connectivity index (χ3n) is 4.27. The number of nitrogens with zero attached hydrogens (tertiary/aromatic N) is 2. The molecule has 0 aliphatic carbocycles. The fourth-order valence-corrected chi connectivity index (χ4v) is 2.60. The van der Waals surface area contributed by atoms with E-state index in [1.165, 1.54) is 0 Å². The largest absolute Gasteiger partial charge is 0.274 e. The van der Waals surface area contributed by atoms with Crippen LogP contribution in [0.5, 0.6) is 0 Å². The van der Waals surface area contributed by atoms with Crippen molar-refractivity contribution in [3.05, 3.63) is 11.1 Å². The maximum Gasteiger partial charge on any atom is 0.258 e. The van der Waals surface area contributed by atoms with E-state index in [1.54, 1.807) is 13.8 Å². The van der Waals surface area contributed by atoms with Gasteiger partial charge in [-0.25, -0.2) is 0 Å². The molecule has 1 unspecified atom stereocenters. The molecule has 2 heterocycles. The average molecular weight is 292 g/mol. The highest BCUT2D eigenvalue weighted by Crippen LogP contribution is 2.35. The predicted octanol–water partition coefficient (Wildman–Crippen LogP) is 1.07. The number of carbonyl (C=O) groups is 4. The molecule has 0 spiro atoms. The summed E-state index contributed by atoms with van der Waals surface area (Å²) in [7, 11) is 0. The van der Waals surface area contributed by atoms with E-state index in [2.05, 4.69) is 0 Å². The molecule has 2 aliphatic rings. The molecule has 4 amide bonds.